The van der Waals surface area contributed by atoms with E-state index in [1.54, 1.807) is 0 Å². The molecule has 0 aromatic rings. The quantitative estimate of drug-likeness (QED) is 0.0266. The van der Waals surface area contributed by atoms with Crippen LogP contribution in [0.4, 0.5) is 0 Å². The van der Waals surface area contributed by atoms with Crippen molar-refractivity contribution >= 4 is 23.9 Å². The summed E-state index contributed by atoms with van der Waals surface area (Å²) < 4.78 is 20.1. The van der Waals surface area contributed by atoms with Crippen LogP contribution in [0.2, 0.25) is 0 Å². The number of hydrogen-bond donors (Lipinski definition) is 2. The molecule has 10 heteroatoms. The zero-order valence-electron chi connectivity index (χ0n) is 38.7. The van der Waals surface area contributed by atoms with Crippen LogP contribution in [0.25, 0.3) is 0 Å². The third-order valence-electron chi connectivity index (χ3n) is 12.2. The first-order valence-corrected chi connectivity index (χ1v) is 24.2. The zero-order chi connectivity index (χ0) is 44.4. The molecule has 0 saturated heterocycles. The van der Waals surface area contributed by atoms with E-state index in [9.17, 15) is 29.4 Å². The highest BCUT2D eigenvalue weighted by molar-refractivity contribution is 5.87. The van der Waals surface area contributed by atoms with Crippen molar-refractivity contribution in [3.05, 3.63) is 24.3 Å². The van der Waals surface area contributed by atoms with Gasteiger partial charge in [-0.1, -0.05) is 155 Å². The maximum atomic E-state index is 12.2. The molecule has 0 spiro atoms. The van der Waals surface area contributed by atoms with Crippen molar-refractivity contribution in [2.24, 2.45) is 23.7 Å². The highest BCUT2D eigenvalue weighted by atomic mass is 16.6. The number of hydrogen-bond acceptors (Lipinski definition) is 10. The molecule has 60 heavy (non-hydrogen) atoms. The predicted octanol–water partition coefficient (Wildman–Crippen LogP) is 11.5. The molecule has 1 saturated carbocycles. The van der Waals surface area contributed by atoms with Crippen molar-refractivity contribution in [1.82, 2.24) is 0 Å². The Morgan fingerprint density at radius 1 is 0.467 bits per heavy atom. The normalized spacial score (nSPS) is 18.6. The van der Waals surface area contributed by atoms with Gasteiger partial charge in [0.15, 0.2) is 0 Å². The van der Waals surface area contributed by atoms with Gasteiger partial charge in [-0.3, -0.25) is 9.59 Å². The summed E-state index contributed by atoms with van der Waals surface area (Å²) in [6.45, 7) is 13.9. The Morgan fingerprint density at radius 3 is 1.15 bits per heavy atom. The van der Waals surface area contributed by atoms with E-state index >= 15 is 0 Å². The van der Waals surface area contributed by atoms with Gasteiger partial charge < -0.3 is 29.2 Å². The van der Waals surface area contributed by atoms with E-state index in [1.165, 1.54) is 142 Å². The summed E-state index contributed by atoms with van der Waals surface area (Å²) in [5, 5.41) is 19.8. The van der Waals surface area contributed by atoms with Gasteiger partial charge in [0.25, 0.3) is 0 Å². The van der Waals surface area contributed by atoms with Crippen LogP contribution in [0.5, 0.6) is 0 Å². The van der Waals surface area contributed by atoms with Crippen LogP contribution in [-0.4, -0.2) is 72.7 Å². The number of carbonyl (C=O) groups excluding carboxylic acids is 4. The molecule has 0 radical (unpaired) electrons. The van der Waals surface area contributed by atoms with E-state index in [0.29, 0.717) is 12.8 Å². The molecule has 0 amide bonds. The summed E-state index contributed by atoms with van der Waals surface area (Å²) >= 11 is 0. The molecule has 0 aliphatic heterocycles. The standard InChI is InChI=1S/C50H88O10/c1-7-9-11-16-23-29-45-41(27-21-10-8-2)33-34-42(28-22-17-12-14-19-25-31-47(53)57-35-43(51)37-59-49(55)39(3)4)46(45)30-24-18-13-15-20-26-32-48(54)58-36-44(52)38-60-50(56)40(5)6/h41-46,51-52H,3,5,7-38H2,1-2,4,6H3. The first-order chi connectivity index (χ1) is 28.9. The molecule has 0 heterocycles. The molecule has 2 N–H and O–H groups in total. The molecule has 0 aromatic carbocycles. The first-order valence-electron chi connectivity index (χ1n) is 24.2. The van der Waals surface area contributed by atoms with Crippen LogP contribution in [0.3, 0.4) is 0 Å². The van der Waals surface area contributed by atoms with Crippen molar-refractivity contribution in [1.29, 1.82) is 0 Å². The van der Waals surface area contributed by atoms with Crippen LogP contribution >= 0.6 is 0 Å². The molecular weight excluding hydrogens is 761 g/mol. The SMILES string of the molecule is C=C(C)C(=O)OCC(O)COC(=O)CCCCCCCCC1CCC(CCCCC)C(CCCCCCC)C1CCCCCCCCC(=O)OCC(O)COC(=O)C(=C)C. The minimum absolute atomic E-state index is 0.182. The fourth-order valence-corrected chi connectivity index (χ4v) is 8.76. The highest BCUT2D eigenvalue weighted by Crippen LogP contribution is 2.47. The van der Waals surface area contributed by atoms with Crippen LogP contribution in [-0.2, 0) is 38.1 Å². The average molecular weight is 849 g/mol. The van der Waals surface area contributed by atoms with Gasteiger partial charge in [0.05, 0.1) is 0 Å². The van der Waals surface area contributed by atoms with Crippen molar-refractivity contribution in [2.45, 2.75) is 220 Å². The molecule has 1 aliphatic carbocycles. The molecule has 1 fully saturated rings. The van der Waals surface area contributed by atoms with E-state index in [4.69, 9.17) is 18.9 Å². The number of ether oxygens (including phenoxy) is 4. The van der Waals surface area contributed by atoms with E-state index < -0.39 is 24.1 Å². The molecule has 6 atom stereocenters. The number of carbonyl (C=O) groups is 4. The highest BCUT2D eigenvalue weighted by Gasteiger charge is 2.37. The molecule has 0 aromatic heterocycles. The molecule has 10 nitrogen and oxygen atoms in total. The Morgan fingerprint density at radius 2 is 0.767 bits per heavy atom. The Kier molecular flexibility index (Phi) is 33.0. The van der Waals surface area contributed by atoms with Gasteiger partial charge in [0.2, 0.25) is 0 Å². The average Bonchev–Trinajstić information content (AvgIpc) is 3.22. The minimum Gasteiger partial charge on any atom is -0.463 e. The van der Waals surface area contributed by atoms with Gasteiger partial charge in [0.1, 0.15) is 38.6 Å². The molecule has 6 unspecified atom stereocenters. The fourth-order valence-electron chi connectivity index (χ4n) is 8.76. The van der Waals surface area contributed by atoms with Crippen molar-refractivity contribution in [3.8, 4) is 0 Å². The summed E-state index contributed by atoms with van der Waals surface area (Å²) in [6, 6.07) is 0. The van der Waals surface area contributed by atoms with Crippen LogP contribution in [0.1, 0.15) is 207 Å². The Hall–Kier alpha value is -2.72. The first kappa shape index (κ1) is 55.3. The number of aliphatic hydroxyl groups excluding tert-OH is 2. The smallest absolute Gasteiger partial charge is 0.333 e. The summed E-state index contributed by atoms with van der Waals surface area (Å²) in [5.74, 6) is 1.59. The van der Waals surface area contributed by atoms with Crippen LogP contribution in [0, 0.1) is 23.7 Å². The Bertz CT molecular complexity index is 1180. The maximum Gasteiger partial charge on any atom is 0.333 e. The van der Waals surface area contributed by atoms with Crippen molar-refractivity contribution in [3.63, 3.8) is 0 Å². The lowest BCUT2D eigenvalue weighted by atomic mass is 9.61. The van der Waals surface area contributed by atoms with Crippen LogP contribution in [0.15, 0.2) is 24.3 Å². The van der Waals surface area contributed by atoms with Gasteiger partial charge in [-0.05, 0) is 76.0 Å². The fraction of sp³-hybridized carbons (Fsp3) is 0.840. The number of rotatable bonds is 38. The van der Waals surface area contributed by atoms with Crippen molar-refractivity contribution in [2.75, 3.05) is 26.4 Å². The molecule has 1 rings (SSSR count). The molecular formula is C50H88O10. The summed E-state index contributed by atoms with van der Waals surface area (Å²) in [6.07, 6.45) is 30.8. The van der Waals surface area contributed by atoms with E-state index in [1.807, 2.05) is 0 Å². The molecule has 1 aliphatic rings. The van der Waals surface area contributed by atoms with Gasteiger partial charge in [-0.2, -0.15) is 0 Å². The van der Waals surface area contributed by atoms with Gasteiger partial charge in [-0.15, -0.1) is 0 Å². The monoisotopic (exact) mass is 849 g/mol. The summed E-state index contributed by atoms with van der Waals surface area (Å²) in [7, 11) is 0. The summed E-state index contributed by atoms with van der Waals surface area (Å²) in [5.41, 5.74) is 0.515. The lowest BCUT2D eigenvalue weighted by Crippen LogP contribution is -2.35. The molecule has 348 valence electrons. The van der Waals surface area contributed by atoms with Crippen molar-refractivity contribution < 1.29 is 48.3 Å². The van der Waals surface area contributed by atoms with Gasteiger partial charge in [0, 0.05) is 24.0 Å². The van der Waals surface area contributed by atoms with Gasteiger partial charge in [-0.25, -0.2) is 9.59 Å². The number of unbranched alkanes of at least 4 members (excludes halogenated alkanes) is 16. The van der Waals surface area contributed by atoms with E-state index in [-0.39, 0.29) is 49.5 Å². The Balaban J connectivity index is 2.53. The predicted molar refractivity (Wildman–Crippen MR) is 240 cm³/mol. The molecule has 0 bridgehead atoms. The Labute approximate surface area is 365 Å². The van der Waals surface area contributed by atoms with Gasteiger partial charge >= 0.3 is 23.9 Å². The lowest BCUT2D eigenvalue weighted by molar-refractivity contribution is -0.152. The lowest BCUT2D eigenvalue weighted by Gasteiger charge is -2.44. The topological polar surface area (TPSA) is 146 Å². The summed E-state index contributed by atoms with van der Waals surface area (Å²) in [4.78, 5) is 47.2. The maximum absolute atomic E-state index is 12.2. The number of aliphatic hydroxyl groups is 2. The number of esters is 4. The third-order valence-corrected chi connectivity index (χ3v) is 12.2. The second-order valence-corrected chi connectivity index (χ2v) is 17.9. The third kappa shape index (κ3) is 28.0. The zero-order valence-corrected chi connectivity index (χ0v) is 38.7. The second-order valence-electron chi connectivity index (χ2n) is 17.9. The van der Waals surface area contributed by atoms with Crippen LogP contribution < -0.4 is 0 Å². The van der Waals surface area contributed by atoms with E-state index in [0.717, 1.165) is 62.2 Å². The second kappa shape index (κ2) is 35.8. The minimum atomic E-state index is -1.04. The largest absolute Gasteiger partial charge is 0.463 e. The van der Waals surface area contributed by atoms with E-state index in [2.05, 4.69) is 27.0 Å².